The average molecular weight is 542 g/mol. The Balaban J connectivity index is 1.68. The van der Waals surface area contributed by atoms with Gasteiger partial charge in [-0.05, 0) is 53.6 Å². The van der Waals surface area contributed by atoms with Crippen LogP contribution in [0, 0.1) is 10.1 Å². The van der Waals surface area contributed by atoms with Crippen molar-refractivity contribution < 1.29 is 9.72 Å². The fourth-order valence-electron chi connectivity index (χ4n) is 2.83. The summed E-state index contributed by atoms with van der Waals surface area (Å²) in [7, 11) is 0. The van der Waals surface area contributed by atoms with E-state index in [1.165, 1.54) is 40.8 Å². The number of hydrogen-bond acceptors (Lipinski definition) is 6. The fraction of sp³-hybridized carbons (Fsp3) is 0. The van der Waals surface area contributed by atoms with Crippen LogP contribution in [0.1, 0.15) is 11.1 Å². The molecular weight excluding hydrogens is 528 g/mol. The summed E-state index contributed by atoms with van der Waals surface area (Å²) in [6, 6.07) is 18.7. The molecule has 0 bridgehead atoms. The second-order valence-corrected chi connectivity index (χ2v) is 9.04. The zero-order chi connectivity index (χ0) is 23.4. The molecule has 0 spiro atoms. The van der Waals surface area contributed by atoms with Gasteiger partial charge in [0.15, 0.2) is 0 Å². The number of rotatable bonds is 6. The summed E-state index contributed by atoms with van der Waals surface area (Å²) in [6.07, 6.45) is 4.44. The topological polar surface area (TPSA) is 88.7 Å². The van der Waals surface area contributed by atoms with Gasteiger partial charge in [0.2, 0.25) is 5.13 Å². The van der Waals surface area contributed by atoms with Crippen LogP contribution < -0.4 is 5.01 Å². The number of fused-ring (bicyclic) bond motifs is 1. The number of anilines is 1. The van der Waals surface area contributed by atoms with Crippen molar-refractivity contribution in [2.45, 2.75) is 0 Å². The summed E-state index contributed by atoms with van der Waals surface area (Å²) in [6.45, 7) is 0. The number of non-ortho nitro benzene ring substituents is 1. The Hall–Kier alpha value is -3.40. The van der Waals surface area contributed by atoms with Crippen molar-refractivity contribution in [3.8, 4) is 0 Å². The smallest absolute Gasteiger partial charge is 0.267 e. The van der Waals surface area contributed by atoms with Gasteiger partial charge in [-0.1, -0.05) is 57.1 Å². The van der Waals surface area contributed by atoms with Gasteiger partial charge >= 0.3 is 0 Å². The third-order valence-corrected chi connectivity index (χ3v) is 6.30. The van der Waals surface area contributed by atoms with Crippen LogP contribution in [-0.4, -0.2) is 22.0 Å². The van der Waals surface area contributed by atoms with Crippen molar-refractivity contribution in [1.82, 2.24) is 4.98 Å². The van der Waals surface area contributed by atoms with Crippen LogP contribution in [0.4, 0.5) is 10.8 Å². The Labute approximate surface area is 205 Å². The van der Waals surface area contributed by atoms with Crippen LogP contribution in [0.2, 0.25) is 5.02 Å². The number of carbonyl (C=O) groups is 1. The lowest BCUT2D eigenvalue weighted by atomic mass is 10.2. The molecule has 164 valence electrons. The van der Waals surface area contributed by atoms with Crippen LogP contribution >= 0.6 is 38.9 Å². The molecule has 4 aromatic rings. The normalized spacial score (nSPS) is 11.5. The Morgan fingerprint density at radius 1 is 1.15 bits per heavy atom. The minimum absolute atomic E-state index is 0.0282. The second kappa shape index (κ2) is 10.0. The highest BCUT2D eigenvalue weighted by Gasteiger charge is 2.17. The van der Waals surface area contributed by atoms with E-state index < -0.39 is 10.8 Å². The monoisotopic (exact) mass is 540 g/mol. The predicted octanol–water partition coefficient (Wildman–Crippen LogP) is 6.70. The molecule has 0 fully saturated rings. The molecule has 0 unspecified atom stereocenters. The number of benzene rings is 3. The number of thiazole rings is 1. The van der Waals surface area contributed by atoms with Gasteiger partial charge in [0.25, 0.3) is 11.6 Å². The number of nitro benzene ring substituents is 1. The quantitative estimate of drug-likeness (QED) is 0.118. The van der Waals surface area contributed by atoms with Gasteiger partial charge in [-0.25, -0.2) is 4.98 Å². The number of amides is 1. The molecule has 7 nitrogen and oxygen atoms in total. The minimum atomic E-state index is -0.477. The SMILES string of the molecule is O=C(/C=C/c1ccccc1Cl)N(/N=C/c1ccc([N+](=O)[O-])cc1)c1nc2ccc(Br)cc2s1. The Morgan fingerprint density at radius 2 is 1.91 bits per heavy atom. The summed E-state index contributed by atoms with van der Waals surface area (Å²) in [5, 5.41) is 17.3. The predicted molar refractivity (Wildman–Crippen MR) is 136 cm³/mol. The fourth-order valence-corrected chi connectivity index (χ4v) is 4.51. The zero-order valence-electron chi connectivity index (χ0n) is 16.8. The summed E-state index contributed by atoms with van der Waals surface area (Å²) in [5.74, 6) is -0.425. The van der Waals surface area contributed by atoms with E-state index in [1.807, 2.05) is 30.3 Å². The van der Waals surface area contributed by atoms with Crippen LogP contribution in [0.15, 0.2) is 82.4 Å². The van der Waals surface area contributed by atoms with Crippen LogP contribution in [0.25, 0.3) is 16.3 Å². The first-order chi connectivity index (χ1) is 15.9. The van der Waals surface area contributed by atoms with Crippen molar-refractivity contribution in [2.24, 2.45) is 5.10 Å². The van der Waals surface area contributed by atoms with Gasteiger partial charge in [0, 0.05) is 27.7 Å². The molecule has 0 saturated carbocycles. The van der Waals surface area contributed by atoms with Crippen LogP contribution in [0.5, 0.6) is 0 Å². The van der Waals surface area contributed by atoms with Gasteiger partial charge in [0.05, 0.1) is 21.4 Å². The number of halogens is 2. The van der Waals surface area contributed by atoms with Crippen LogP contribution in [-0.2, 0) is 4.79 Å². The van der Waals surface area contributed by atoms with E-state index in [9.17, 15) is 14.9 Å². The maximum atomic E-state index is 13.1. The molecule has 1 amide bonds. The van der Waals surface area contributed by atoms with E-state index in [0.29, 0.717) is 21.3 Å². The Bertz CT molecular complexity index is 1400. The van der Waals surface area contributed by atoms with Gasteiger partial charge in [-0.3, -0.25) is 14.9 Å². The Morgan fingerprint density at radius 3 is 2.64 bits per heavy atom. The maximum Gasteiger partial charge on any atom is 0.273 e. The lowest BCUT2D eigenvalue weighted by Gasteiger charge is -2.11. The van der Waals surface area contributed by atoms with Crippen molar-refractivity contribution >= 4 is 78.1 Å². The molecular formula is C23H14BrClN4O3S. The number of nitro groups is 1. The van der Waals surface area contributed by atoms with Crippen LogP contribution in [0.3, 0.4) is 0 Å². The summed E-state index contributed by atoms with van der Waals surface area (Å²) in [5.41, 5.74) is 1.99. The zero-order valence-corrected chi connectivity index (χ0v) is 19.9. The molecule has 0 N–H and O–H groups in total. The number of nitrogens with zero attached hydrogens (tertiary/aromatic N) is 4. The first kappa shape index (κ1) is 22.8. The molecule has 1 heterocycles. The highest BCUT2D eigenvalue weighted by molar-refractivity contribution is 9.10. The van der Waals surface area contributed by atoms with E-state index in [1.54, 1.807) is 30.3 Å². The number of carbonyl (C=O) groups excluding carboxylic acids is 1. The highest BCUT2D eigenvalue weighted by Crippen LogP contribution is 2.31. The van der Waals surface area contributed by atoms with E-state index in [-0.39, 0.29) is 5.69 Å². The summed E-state index contributed by atoms with van der Waals surface area (Å²) < 4.78 is 1.79. The lowest BCUT2D eigenvalue weighted by molar-refractivity contribution is -0.384. The molecule has 4 rings (SSSR count). The van der Waals surface area contributed by atoms with Crippen molar-refractivity contribution in [3.63, 3.8) is 0 Å². The molecule has 1 aromatic heterocycles. The Kier molecular flexibility index (Phi) is 6.93. The largest absolute Gasteiger partial charge is 0.273 e. The summed E-state index contributed by atoms with van der Waals surface area (Å²) >= 11 is 10.9. The first-order valence-corrected chi connectivity index (χ1v) is 11.5. The molecule has 0 saturated heterocycles. The van der Waals surface area contributed by atoms with Crippen molar-refractivity contribution in [3.05, 3.63) is 104 Å². The van der Waals surface area contributed by atoms with Gasteiger partial charge in [0.1, 0.15) is 0 Å². The molecule has 0 aliphatic rings. The van der Waals surface area contributed by atoms with E-state index in [4.69, 9.17) is 11.6 Å². The van der Waals surface area contributed by atoms with E-state index in [2.05, 4.69) is 26.0 Å². The van der Waals surface area contributed by atoms with Gasteiger partial charge in [-0.15, -0.1) is 0 Å². The molecule has 0 radical (unpaired) electrons. The second-order valence-electron chi connectivity index (χ2n) is 6.71. The summed E-state index contributed by atoms with van der Waals surface area (Å²) in [4.78, 5) is 28.0. The standard InChI is InChI=1S/C23H14BrClN4O3S/c24-17-8-11-20-21(13-17)33-23(27-20)28(22(30)12-7-16-3-1-2-4-19(16)25)26-14-15-5-9-18(10-6-15)29(31)32/h1-14H/b12-7+,26-14+. The molecule has 3 aromatic carbocycles. The minimum Gasteiger partial charge on any atom is -0.267 e. The van der Waals surface area contributed by atoms with Crippen molar-refractivity contribution in [2.75, 3.05) is 5.01 Å². The maximum absolute atomic E-state index is 13.1. The van der Waals surface area contributed by atoms with Gasteiger partial charge in [-0.2, -0.15) is 10.1 Å². The number of hydrogen-bond donors (Lipinski definition) is 0. The highest BCUT2D eigenvalue weighted by atomic mass is 79.9. The molecule has 0 aliphatic carbocycles. The molecule has 10 heteroatoms. The number of hydrazone groups is 1. The number of aromatic nitrogens is 1. The third kappa shape index (κ3) is 5.51. The molecule has 33 heavy (non-hydrogen) atoms. The first-order valence-electron chi connectivity index (χ1n) is 9.52. The van der Waals surface area contributed by atoms with E-state index >= 15 is 0 Å². The average Bonchev–Trinajstić information content (AvgIpc) is 3.21. The third-order valence-electron chi connectivity index (χ3n) is 4.47. The van der Waals surface area contributed by atoms with Gasteiger partial charge < -0.3 is 0 Å². The molecule has 0 aliphatic heterocycles. The molecule has 0 atom stereocenters. The van der Waals surface area contributed by atoms with E-state index in [0.717, 1.165) is 14.7 Å². The van der Waals surface area contributed by atoms with Crippen molar-refractivity contribution in [1.29, 1.82) is 0 Å². The lowest BCUT2D eigenvalue weighted by Crippen LogP contribution is -2.23.